The molecule has 1 saturated heterocycles. The molecule has 0 aliphatic carbocycles. The number of rotatable bonds is 25. The number of fused-ring (bicyclic) bond motifs is 1. The van der Waals surface area contributed by atoms with Gasteiger partial charge in [0.15, 0.2) is 0 Å². The van der Waals surface area contributed by atoms with Crippen molar-refractivity contribution in [2.24, 2.45) is 15.9 Å². The minimum Gasteiger partial charge on any atom is -0.508 e. The molecule has 3 aromatic carbocycles. The van der Waals surface area contributed by atoms with Gasteiger partial charge >= 0.3 is 5.97 Å². The van der Waals surface area contributed by atoms with Gasteiger partial charge in [0.2, 0.25) is 40.7 Å². The summed E-state index contributed by atoms with van der Waals surface area (Å²) < 4.78 is 97.1. The number of anilines is 1. The van der Waals surface area contributed by atoms with E-state index >= 15 is 0 Å². The van der Waals surface area contributed by atoms with Crippen LogP contribution in [-0.4, -0.2) is 146 Å². The minimum atomic E-state index is -2.36. The number of hydroxylamine groups is 2. The van der Waals surface area contributed by atoms with E-state index in [0.717, 1.165) is 10.8 Å². The Bertz CT molecular complexity index is 1920. The lowest BCUT2D eigenvalue weighted by Gasteiger charge is -2.30. The van der Waals surface area contributed by atoms with Gasteiger partial charge in [-0.2, -0.15) is 13.9 Å². The van der Waals surface area contributed by atoms with Gasteiger partial charge < -0.3 is 54.9 Å². The molecule has 3 unspecified atom stereocenters. The van der Waals surface area contributed by atoms with Crippen LogP contribution in [0.2, 0.25) is 0 Å². The molecule has 0 radical (unpaired) electrons. The highest BCUT2D eigenvalue weighted by atomic mass is 19.2. The van der Waals surface area contributed by atoms with Gasteiger partial charge in [-0.15, -0.1) is 0 Å². The fourth-order valence-electron chi connectivity index (χ4n) is 5.47. The van der Waals surface area contributed by atoms with E-state index in [9.17, 15) is 41.8 Å². The fourth-order valence-corrected chi connectivity index (χ4v) is 5.47. The Balaban J connectivity index is 0.000000692. The lowest BCUT2D eigenvalue weighted by Crippen LogP contribution is -2.42. The van der Waals surface area contributed by atoms with E-state index in [1.54, 1.807) is 30.5 Å². The first-order valence-corrected chi connectivity index (χ1v) is 19.6. The Labute approximate surface area is 358 Å². The van der Waals surface area contributed by atoms with E-state index in [0.29, 0.717) is 63.4 Å². The van der Waals surface area contributed by atoms with E-state index in [1.165, 1.54) is 0 Å². The molecule has 18 nitrogen and oxygen atoms in total. The van der Waals surface area contributed by atoms with Crippen molar-refractivity contribution in [3.8, 4) is 11.5 Å². The van der Waals surface area contributed by atoms with Gasteiger partial charge in [0.1, 0.15) is 11.9 Å². The summed E-state index contributed by atoms with van der Waals surface area (Å²) in [5, 5.41) is 53.2. The molecular formula is C40H52F5N5O13. The second-order valence-corrected chi connectivity index (χ2v) is 13.6. The van der Waals surface area contributed by atoms with E-state index in [1.807, 2.05) is 12.1 Å². The number of ether oxygens (including phenoxy) is 6. The fraction of sp³-hybridized carbons (Fsp3) is 0.500. The van der Waals surface area contributed by atoms with Gasteiger partial charge in [-0.3, -0.25) is 25.0 Å². The molecule has 1 heterocycles. The number of aliphatic hydroxyl groups is 2. The molecule has 0 aromatic heterocycles. The number of amides is 1. The third-order valence-electron chi connectivity index (χ3n) is 8.77. The zero-order valence-electron chi connectivity index (χ0n) is 34.1. The smallest absolute Gasteiger partial charge is 0.313 e. The number of nitrogens with one attached hydrogen (secondary N) is 1. The van der Waals surface area contributed by atoms with Crippen LogP contribution in [0.4, 0.5) is 27.6 Å². The maximum atomic E-state index is 13.6. The number of esters is 1. The Kier molecular flexibility index (Phi) is 23.9. The van der Waals surface area contributed by atoms with Crippen molar-refractivity contribution >= 4 is 40.3 Å². The molecule has 3 aromatic rings. The number of carbonyl (C=O) groups is 2. The van der Waals surface area contributed by atoms with Gasteiger partial charge in [-0.1, -0.05) is 17.4 Å². The number of benzene rings is 3. The number of hydrogen-bond donors (Lipinski definition) is 7. The molecule has 1 aliphatic heterocycles. The van der Waals surface area contributed by atoms with Crippen molar-refractivity contribution in [2.75, 3.05) is 77.9 Å². The molecule has 350 valence electrons. The number of halogens is 5. The molecule has 1 amide bonds. The Morgan fingerprint density at radius 1 is 0.794 bits per heavy atom. The van der Waals surface area contributed by atoms with E-state index in [-0.39, 0.29) is 75.6 Å². The van der Waals surface area contributed by atoms with Crippen LogP contribution in [0, 0.1) is 29.1 Å². The van der Waals surface area contributed by atoms with Crippen LogP contribution in [0.3, 0.4) is 0 Å². The quantitative estimate of drug-likeness (QED) is 0.00736. The first kappa shape index (κ1) is 52.4. The summed E-state index contributed by atoms with van der Waals surface area (Å²) in [4.78, 5) is 28.2. The molecule has 1 aliphatic rings. The molecule has 4 rings (SSSR count). The second-order valence-electron chi connectivity index (χ2n) is 13.6. The van der Waals surface area contributed by atoms with Gasteiger partial charge in [0.05, 0.1) is 96.9 Å². The number of phenolic OH excluding ortho intramolecular Hbond substituents is 1. The van der Waals surface area contributed by atoms with Crippen LogP contribution in [0.25, 0.3) is 10.8 Å². The highest BCUT2D eigenvalue weighted by Gasteiger charge is 2.29. The van der Waals surface area contributed by atoms with Crippen LogP contribution in [0.5, 0.6) is 11.5 Å². The standard InChI is InChI=1S/C33H37F5N4O8.C7H15NO5/c34-28-29(35)31(37)33(32(38)30(28)36)50-27(45)8-10-46-12-14-48-16-17-49-15-13-47-11-9-40-20-24(42-39)2-1-3-26(44)41-23-6-4-22-19-25(43)7-5-21(22)18-23;9-6-3-5(1-2-8(11)12)13-4-7(6)10/h4-7,18-20,43H,1-3,8-17,39H2,(H,41,44);5-7,9-12H,1-4H2/b40-20?,42-24-;. The number of aromatic hydroxyl groups is 1. The zero-order valence-corrected chi connectivity index (χ0v) is 34.1. The first-order chi connectivity index (χ1) is 30.2. The Morgan fingerprint density at radius 3 is 2.00 bits per heavy atom. The predicted molar refractivity (Wildman–Crippen MR) is 214 cm³/mol. The number of nitrogens with two attached hydrogens (primary N) is 1. The van der Waals surface area contributed by atoms with E-state index in [4.69, 9.17) is 45.0 Å². The lowest BCUT2D eigenvalue weighted by atomic mass is 10.0. The first-order valence-electron chi connectivity index (χ1n) is 19.6. The molecule has 23 heteroatoms. The third kappa shape index (κ3) is 19.5. The Hall–Kier alpha value is -4.95. The Morgan fingerprint density at radius 2 is 1.38 bits per heavy atom. The summed E-state index contributed by atoms with van der Waals surface area (Å²) in [5.41, 5.74) is 1.21. The molecule has 0 bridgehead atoms. The molecule has 0 spiro atoms. The monoisotopic (exact) mass is 905 g/mol. The largest absolute Gasteiger partial charge is 0.508 e. The molecule has 1 fully saturated rings. The SMILES string of the molecule is N/N=C(\C=NCCOCCOCCOCCOCCC(=O)Oc1c(F)c(F)c(F)c(F)c1F)CCCC(=O)Nc1ccc2cc(O)ccc2c1.OC1COC(CCN(O)O)CC1O. The molecule has 0 saturated carbocycles. The molecule has 8 N–H and O–H groups in total. The van der Waals surface area contributed by atoms with Crippen LogP contribution in [0.1, 0.15) is 38.5 Å². The summed E-state index contributed by atoms with van der Waals surface area (Å²) >= 11 is 0. The third-order valence-corrected chi connectivity index (χ3v) is 8.77. The molecular weight excluding hydrogens is 853 g/mol. The summed E-state index contributed by atoms with van der Waals surface area (Å²) in [6.07, 6.45) is 1.23. The van der Waals surface area contributed by atoms with Crippen LogP contribution >= 0.6 is 0 Å². The number of aliphatic imine (C=N–C) groups is 1. The van der Waals surface area contributed by atoms with Gasteiger partial charge in [0, 0.05) is 24.7 Å². The summed E-state index contributed by atoms with van der Waals surface area (Å²) in [6.45, 7) is 2.00. The van der Waals surface area contributed by atoms with Gasteiger partial charge in [-0.05, 0) is 54.3 Å². The van der Waals surface area contributed by atoms with Gasteiger partial charge in [-0.25, -0.2) is 13.2 Å². The molecule has 3 atom stereocenters. The normalized spacial score (nSPS) is 16.7. The number of phenols is 1. The van der Waals surface area contributed by atoms with Gasteiger partial charge in [0.25, 0.3) is 0 Å². The second kappa shape index (κ2) is 28.7. The van der Waals surface area contributed by atoms with Crippen LogP contribution < -0.4 is 15.9 Å². The summed E-state index contributed by atoms with van der Waals surface area (Å²) in [5.74, 6) is -8.73. The average molecular weight is 906 g/mol. The van der Waals surface area contributed by atoms with E-state index in [2.05, 4.69) is 20.1 Å². The predicted octanol–water partition coefficient (Wildman–Crippen LogP) is 3.76. The number of nitrogens with zero attached hydrogens (tertiary/aromatic N) is 3. The topological polar surface area (TPSA) is 257 Å². The van der Waals surface area contributed by atoms with Crippen molar-refractivity contribution in [2.45, 2.75) is 56.8 Å². The highest BCUT2D eigenvalue weighted by Crippen LogP contribution is 2.29. The molecule has 63 heavy (non-hydrogen) atoms. The van der Waals surface area contributed by atoms with Crippen molar-refractivity contribution in [1.29, 1.82) is 0 Å². The highest BCUT2D eigenvalue weighted by molar-refractivity contribution is 6.30. The van der Waals surface area contributed by atoms with Crippen LogP contribution in [-0.2, 0) is 33.3 Å². The lowest BCUT2D eigenvalue weighted by molar-refractivity contribution is -0.309. The summed E-state index contributed by atoms with van der Waals surface area (Å²) in [6, 6.07) is 10.4. The number of hydrazone groups is 1. The van der Waals surface area contributed by atoms with Crippen molar-refractivity contribution in [3.63, 3.8) is 0 Å². The zero-order chi connectivity index (χ0) is 46.1. The van der Waals surface area contributed by atoms with E-state index < -0.39 is 59.4 Å². The van der Waals surface area contributed by atoms with Crippen molar-refractivity contribution < 1.29 is 85.7 Å². The average Bonchev–Trinajstić information content (AvgIpc) is 3.26. The van der Waals surface area contributed by atoms with Crippen molar-refractivity contribution in [1.82, 2.24) is 5.23 Å². The number of hydrogen-bond acceptors (Lipinski definition) is 17. The van der Waals surface area contributed by atoms with Crippen LogP contribution in [0.15, 0.2) is 46.5 Å². The number of carbonyl (C=O) groups excluding carboxylic acids is 2. The minimum absolute atomic E-state index is 0.0608. The number of aliphatic hydroxyl groups excluding tert-OH is 2. The maximum absolute atomic E-state index is 13.6. The summed E-state index contributed by atoms with van der Waals surface area (Å²) in [7, 11) is 0. The van der Waals surface area contributed by atoms with Crippen molar-refractivity contribution in [3.05, 3.63) is 65.5 Å². The maximum Gasteiger partial charge on any atom is 0.313 e.